The molecule has 2 aliphatic rings. The molecule has 4 aromatic heterocycles. The first-order valence-corrected chi connectivity index (χ1v) is 18.0. The van der Waals surface area contributed by atoms with Crippen molar-refractivity contribution in [2.24, 2.45) is 0 Å². The summed E-state index contributed by atoms with van der Waals surface area (Å²) in [6, 6.07) is 24.0. The molecule has 16 nitrogen and oxygen atoms in total. The molecule has 5 N–H and O–H groups in total. The molecule has 0 fully saturated rings. The predicted octanol–water partition coefficient (Wildman–Crippen LogP) is 4.28. The van der Waals surface area contributed by atoms with Gasteiger partial charge in [0, 0.05) is 36.6 Å². The number of benzene rings is 3. The van der Waals surface area contributed by atoms with Crippen LogP contribution in [0.1, 0.15) is 39.2 Å². The third kappa shape index (κ3) is 7.55. The van der Waals surface area contributed by atoms with E-state index in [1.54, 1.807) is 6.92 Å². The SMILES string of the molecule is Cc1ncnc2c1c(NCc1ccc3c(c1)CC(=O)N3)cc(=O)n2O.Cc1ncnc2c1c(NCc1ccc3c(c1)CC(=O)N3)cc(=O)n2OCc1ccccc1. The maximum atomic E-state index is 12.9. The molecule has 9 rings (SSSR count). The Kier molecular flexibility index (Phi) is 9.73. The molecule has 2 aliphatic heterocycles. The molecular weight excluding hydrogens is 729 g/mol. The average Bonchev–Trinajstić information content (AvgIpc) is 3.77. The van der Waals surface area contributed by atoms with Gasteiger partial charge in [-0.3, -0.25) is 19.2 Å². The zero-order chi connectivity index (χ0) is 39.6. The Morgan fingerprint density at radius 1 is 0.649 bits per heavy atom. The van der Waals surface area contributed by atoms with Gasteiger partial charge in [-0.05, 0) is 53.8 Å². The minimum absolute atomic E-state index is 0.00277. The summed E-state index contributed by atoms with van der Waals surface area (Å²) in [6.07, 6.45) is 3.49. The number of amides is 2. The summed E-state index contributed by atoms with van der Waals surface area (Å²) in [5.74, 6) is -0.00609. The van der Waals surface area contributed by atoms with Crippen LogP contribution in [0.3, 0.4) is 0 Å². The Bertz CT molecular complexity index is 2840. The largest absolute Gasteiger partial charge is 0.423 e. The van der Waals surface area contributed by atoms with Crippen LogP contribution in [0.25, 0.3) is 22.1 Å². The van der Waals surface area contributed by atoms with Crippen molar-refractivity contribution in [2.45, 2.75) is 46.4 Å². The van der Waals surface area contributed by atoms with Crippen LogP contribution in [0.2, 0.25) is 0 Å². The summed E-state index contributed by atoms with van der Waals surface area (Å²) in [5, 5.41) is 23.3. The highest BCUT2D eigenvalue weighted by Gasteiger charge is 2.20. The lowest BCUT2D eigenvalue weighted by Crippen LogP contribution is -2.28. The van der Waals surface area contributed by atoms with Crippen molar-refractivity contribution in [1.29, 1.82) is 0 Å². The number of anilines is 4. The van der Waals surface area contributed by atoms with Crippen molar-refractivity contribution in [2.75, 3.05) is 21.3 Å². The van der Waals surface area contributed by atoms with E-state index in [1.165, 1.54) is 29.5 Å². The minimum atomic E-state index is -0.572. The summed E-state index contributed by atoms with van der Waals surface area (Å²) in [5.41, 5.74) is 8.81. The second-order valence-electron chi connectivity index (χ2n) is 13.6. The number of fused-ring (bicyclic) bond motifs is 4. The molecule has 6 heterocycles. The van der Waals surface area contributed by atoms with Gasteiger partial charge in [0.05, 0.1) is 46.4 Å². The highest BCUT2D eigenvalue weighted by Crippen LogP contribution is 2.28. The van der Waals surface area contributed by atoms with Gasteiger partial charge in [-0.1, -0.05) is 54.6 Å². The number of pyridine rings is 2. The van der Waals surface area contributed by atoms with Crippen LogP contribution in [-0.2, 0) is 42.1 Å². The Morgan fingerprint density at radius 3 is 1.75 bits per heavy atom. The van der Waals surface area contributed by atoms with Gasteiger partial charge < -0.3 is 31.3 Å². The standard InChI is InChI=1S/C24H21N5O3.C17H15N5O3/c1-15-23-20(25-12-17-7-8-19-18(9-17)10-21(30)28-19)11-22(31)29(24(23)27-14-26-15)32-13-16-5-3-2-4-6-16;1-9-16-13(6-15(24)22(25)17(16)20-8-19-9)18-7-10-2-3-12-11(4-10)5-14(23)21-12/h2-9,11,14,25H,10,12-13H2,1H3,(H,28,30);2-4,6,8,18,25H,5,7H2,1H3,(H,21,23). The summed E-state index contributed by atoms with van der Waals surface area (Å²) in [6.45, 7) is 4.84. The Labute approximate surface area is 324 Å². The lowest BCUT2D eigenvalue weighted by Gasteiger charge is -2.15. The zero-order valence-corrected chi connectivity index (χ0v) is 30.9. The predicted molar refractivity (Wildman–Crippen MR) is 213 cm³/mol. The number of nitrogens with one attached hydrogen (secondary N) is 4. The maximum absolute atomic E-state index is 12.9. The molecule has 57 heavy (non-hydrogen) atoms. The lowest BCUT2D eigenvalue weighted by molar-refractivity contribution is -0.115. The van der Waals surface area contributed by atoms with Crippen molar-refractivity contribution in [1.82, 2.24) is 29.4 Å². The quantitative estimate of drug-likeness (QED) is 0.131. The van der Waals surface area contributed by atoms with Gasteiger partial charge in [-0.25, -0.2) is 19.9 Å². The maximum Gasteiger partial charge on any atom is 0.287 e. The van der Waals surface area contributed by atoms with E-state index in [9.17, 15) is 24.4 Å². The third-order valence-electron chi connectivity index (χ3n) is 9.67. The molecule has 2 amide bonds. The number of aryl methyl sites for hydroxylation is 2. The molecule has 7 aromatic rings. The van der Waals surface area contributed by atoms with Crippen LogP contribution >= 0.6 is 0 Å². The Balaban J connectivity index is 0.000000165. The number of aromatic nitrogens is 6. The molecule has 0 spiro atoms. The molecule has 0 bridgehead atoms. The van der Waals surface area contributed by atoms with E-state index in [4.69, 9.17) is 4.84 Å². The first kappa shape index (κ1) is 36.4. The van der Waals surface area contributed by atoms with Crippen LogP contribution in [-0.4, -0.2) is 46.4 Å². The fourth-order valence-corrected chi connectivity index (χ4v) is 6.88. The first-order valence-electron chi connectivity index (χ1n) is 18.0. The number of hydrogen-bond donors (Lipinski definition) is 5. The molecule has 286 valence electrons. The van der Waals surface area contributed by atoms with Gasteiger partial charge in [0.15, 0.2) is 11.3 Å². The van der Waals surface area contributed by atoms with E-state index in [0.717, 1.165) is 50.3 Å². The average molecular weight is 765 g/mol. The van der Waals surface area contributed by atoms with Gasteiger partial charge in [0.1, 0.15) is 19.3 Å². The van der Waals surface area contributed by atoms with Crippen LogP contribution < -0.4 is 37.2 Å². The van der Waals surface area contributed by atoms with Crippen LogP contribution in [0, 0.1) is 13.8 Å². The van der Waals surface area contributed by atoms with Crippen molar-refractivity contribution in [3.05, 3.63) is 151 Å². The molecule has 0 saturated heterocycles. The van der Waals surface area contributed by atoms with Crippen molar-refractivity contribution >= 4 is 56.6 Å². The normalized spacial score (nSPS) is 12.7. The fraction of sp³-hybridized carbons (Fsp3) is 0.171. The van der Waals surface area contributed by atoms with Gasteiger partial charge >= 0.3 is 0 Å². The highest BCUT2D eigenvalue weighted by molar-refractivity contribution is 6.00. The Hall–Kier alpha value is -7.62. The molecule has 16 heteroatoms. The van der Waals surface area contributed by atoms with E-state index in [1.807, 2.05) is 73.7 Å². The number of hydrogen-bond acceptors (Lipinski definition) is 12. The lowest BCUT2D eigenvalue weighted by atomic mass is 10.1. The first-order chi connectivity index (χ1) is 27.6. The summed E-state index contributed by atoms with van der Waals surface area (Å²) >= 11 is 0. The van der Waals surface area contributed by atoms with Gasteiger partial charge in [0.25, 0.3) is 11.1 Å². The van der Waals surface area contributed by atoms with Crippen molar-refractivity contribution in [3.63, 3.8) is 0 Å². The number of carbonyl (C=O) groups is 2. The molecule has 0 unspecified atom stereocenters. The van der Waals surface area contributed by atoms with Crippen LogP contribution in [0.15, 0.2) is 101 Å². The number of nitrogens with zero attached hydrogens (tertiary/aromatic N) is 6. The molecule has 0 atom stereocenters. The topological polar surface area (TPSA) is 207 Å². The molecule has 0 saturated carbocycles. The van der Waals surface area contributed by atoms with E-state index >= 15 is 0 Å². The number of carbonyl (C=O) groups excluding carboxylic acids is 2. The fourth-order valence-electron chi connectivity index (χ4n) is 6.88. The van der Waals surface area contributed by atoms with E-state index in [2.05, 4.69) is 41.2 Å². The van der Waals surface area contributed by atoms with Crippen molar-refractivity contribution in [3.8, 4) is 0 Å². The Morgan fingerprint density at radius 2 is 1.18 bits per heavy atom. The third-order valence-corrected chi connectivity index (χ3v) is 9.67. The molecule has 0 radical (unpaired) electrons. The van der Waals surface area contributed by atoms with Gasteiger partial charge in [-0.15, -0.1) is 9.46 Å². The number of rotatable bonds is 9. The molecule has 0 aliphatic carbocycles. The van der Waals surface area contributed by atoms with Crippen LogP contribution in [0.5, 0.6) is 0 Å². The zero-order valence-electron chi connectivity index (χ0n) is 30.9. The van der Waals surface area contributed by atoms with Gasteiger partial charge in [0.2, 0.25) is 11.8 Å². The summed E-state index contributed by atoms with van der Waals surface area (Å²) in [7, 11) is 0. The highest BCUT2D eigenvalue weighted by atomic mass is 16.7. The minimum Gasteiger partial charge on any atom is -0.423 e. The van der Waals surface area contributed by atoms with Crippen LogP contribution in [0.4, 0.5) is 22.7 Å². The summed E-state index contributed by atoms with van der Waals surface area (Å²) < 4.78 is 1.73. The van der Waals surface area contributed by atoms with Gasteiger partial charge in [-0.2, -0.15) is 0 Å². The molecular formula is C41H36N10O6. The van der Waals surface area contributed by atoms with Crippen molar-refractivity contribution < 1.29 is 19.6 Å². The second-order valence-corrected chi connectivity index (χ2v) is 13.6. The van der Waals surface area contributed by atoms with E-state index in [0.29, 0.717) is 58.8 Å². The summed E-state index contributed by atoms with van der Waals surface area (Å²) in [4.78, 5) is 70.4. The van der Waals surface area contributed by atoms with E-state index < -0.39 is 5.56 Å². The second kappa shape index (κ2) is 15.3. The molecule has 3 aromatic carbocycles. The van der Waals surface area contributed by atoms with E-state index in [-0.39, 0.29) is 29.6 Å². The monoisotopic (exact) mass is 764 g/mol. The smallest absolute Gasteiger partial charge is 0.287 e.